The first-order valence-electron chi connectivity index (χ1n) is 6.85. The van der Waals surface area contributed by atoms with Crippen molar-refractivity contribution in [1.82, 2.24) is 10.2 Å². The van der Waals surface area contributed by atoms with E-state index in [0.29, 0.717) is 0 Å². The van der Waals surface area contributed by atoms with E-state index in [-0.39, 0.29) is 5.72 Å². The van der Waals surface area contributed by atoms with Gasteiger partial charge in [-0.2, -0.15) is 0 Å². The van der Waals surface area contributed by atoms with Gasteiger partial charge in [0, 0.05) is 19.5 Å². The van der Waals surface area contributed by atoms with Gasteiger partial charge in [-0.05, 0) is 51.1 Å². The van der Waals surface area contributed by atoms with Gasteiger partial charge in [-0.1, -0.05) is 0 Å². The van der Waals surface area contributed by atoms with E-state index in [4.69, 9.17) is 4.74 Å². The van der Waals surface area contributed by atoms with Gasteiger partial charge in [-0.25, -0.2) is 0 Å². The zero-order chi connectivity index (χ0) is 11.0. The Bertz CT molecular complexity index is 244. The summed E-state index contributed by atoms with van der Waals surface area (Å²) >= 11 is 0. The zero-order valence-electron chi connectivity index (χ0n) is 10.4. The Morgan fingerprint density at radius 3 is 2.75 bits per heavy atom. The van der Waals surface area contributed by atoms with Crippen LogP contribution in [0, 0.1) is 11.8 Å². The smallest absolute Gasteiger partial charge is 0.120 e. The Morgan fingerprint density at radius 2 is 2.06 bits per heavy atom. The summed E-state index contributed by atoms with van der Waals surface area (Å²) in [4.78, 5) is 2.42. The molecule has 1 N–H and O–H groups in total. The first kappa shape index (κ1) is 11.0. The average Bonchev–Trinajstić information content (AvgIpc) is 3.11. The van der Waals surface area contributed by atoms with Gasteiger partial charge in [0.25, 0.3) is 0 Å². The summed E-state index contributed by atoms with van der Waals surface area (Å²) < 4.78 is 6.21. The lowest BCUT2D eigenvalue weighted by molar-refractivity contribution is -0.126. The molecule has 2 unspecified atom stereocenters. The van der Waals surface area contributed by atoms with Crippen LogP contribution in [0.15, 0.2) is 0 Å². The Kier molecular flexibility index (Phi) is 2.94. The number of hydrogen-bond acceptors (Lipinski definition) is 3. The number of nitrogens with zero attached hydrogens (tertiary/aromatic N) is 1. The van der Waals surface area contributed by atoms with Crippen LogP contribution in [-0.4, -0.2) is 43.9 Å². The van der Waals surface area contributed by atoms with E-state index in [0.717, 1.165) is 24.9 Å². The highest BCUT2D eigenvalue weighted by molar-refractivity contribution is 4.91. The molecule has 3 heteroatoms. The molecule has 0 aromatic rings. The van der Waals surface area contributed by atoms with Gasteiger partial charge >= 0.3 is 0 Å². The number of ether oxygens (including phenoxy) is 1. The van der Waals surface area contributed by atoms with Crippen LogP contribution in [0.2, 0.25) is 0 Å². The monoisotopic (exact) mass is 224 g/mol. The molecule has 3 aliphatic rings. The fourth-order valence-electron chi connectivity index (χ4n) is 3.13. The highest BCUT2D eigenvalue weighted by Gasteiger charge is 2.41. The van der Waals surface area contributed by atoms with Gasteiger partial charge < -0.3 is 9.64 Å². The molecular weight excluding hydrogens is 200 g/mol. The van der Waals surface area contributed by atoms with Crippen LogP contribution in [0.25, 0.3) is 0 Å². The van der Waals surface area contributed by atoms with E-state index >= 15 is 0 Å². The molecule has 3 fully saturated rings. The zero-order valence-corrected chi connectivity index (χ0v) is 10.4. The van der Waals surface area contributed by atoms with E-state index in [1.807, 2.05) is 0 Å². The summed E-state index contributed by atoms with van der Waals surface area (Å²) in [6, 6.07) is 0. The second-order valence-electron chi connectivity index (χ2n) is 5.94. The lowest BCUT2D eigenvalue weighted by atomic mass is 9.97. The predicted molar refractivity (Wildman–Crippen MR) is 64.2 cm³/mol. The molecule has 0 amide bonds. The molecule has 3 nitrogen and oxygen atoms in total. The second kappa shape index (κ2) is 4.28. The highest BCUT2D eigenvalue weighted by Crippen LogP contribution is 2.39. The van der Waals surface area contributed by atoms with Gasteiger partial charge in [0.1, 0.15) is 5.72 Å². The lowest BCUT2D eigenvalue weighted by Gasteiger charge is -2.41. The fourth-order valence-corrected chi connectivity index (χ4v) is 3.13. The van der Waals surface area contributed by atoms with Crippen LogP contribution in [0.3, 0.4) is 0 Å². The molecule has 2 atom stereocenters. The summed E-state index contributed by atoms with van der Waals surface area (Å²) in [5.41, 5.74) is 0.0240. The van der Waals surface area contributed by atoms with E-state index in [1.54, 1.807) is 0 Å². The molecule has 0 radical (unpaired) electrons. The summed E-state index contributed by atoms with van der Waals surface area (Å²) in [7, 11) is 2.22. The Balaban J connectivity index is 1.57. The summed E-state index contributed by atoms with van der Waals surface area (Å²) in [6.07, 6.45) is 6.48. The molecular formula is C13H24N2O. The van der Waals surface area contributed by atoms with Gasteiger partial charge in [-0.3, -0.25) is 5.32 Å². The maximum atomic E-state index is 6.21. The van der Waals surface area contributed by atoms with E-state index < -0.39 is 0 Å². The number of nitrogens with one attached hydrogen (secondary N) is 1. The standard InChI is InChI=1S/C13H24N2O/c1-15-7-2-5-13(6-8-15)14-9-12(10-16-13)11-3-4-11/h11-12,14H,2-10H2,1H3. The van der Waals surface area contributed by atoms with Crippen LogP contribution in [0.4, 0.5) is 0 Å². The summed E-state index contributed by atoms with van der Waals surface area (Å²) in [5.74, 6) is 1.77. The number of rotatable bonds is 1. The van der Waals surface area contributed by atoms with Gasteiger partial charge in [0.2, 0.25) is 0 Å². The minimum absolute atomic E-state index is 0.0240. The minimum atomic E-state index is 0.0240. The van der Waals surface area contributed by atoms with Gasteiger partial charge in [0.05, 0.1) is 6.61 Å². The van der Waals surface area contributed by atoms with Gasteiger partial charge in [-0.15, -0.1) is 0 Å². The molecule has 2 aliphatic heterocycles. The molecule has 0 bridgehead atoms. The first-order chi connectivity index (χ1) is 7.77. The van der Waals surface area contributed by atoms with Crippen LogP contribution in [0.1, 0.15) is 32.1 Å². The van der Waals surface area contributed by atoms with E-state index in [2.05, 4.69) is 17.3 Å². The van der Waals surface area contributed by atoms with Crippen molar-refractivity contribution in [3.8, 4) is 0 Å². The molecule has 0 aromatic heterocycles. The first-order valence-corrected chi connectivity index (χ1v) is 6.85. The van der Waals surface area contributed by atoms with Crippen LogP contribution in [0.5, 0.6) is 0 Å². The van der Waals surface area contributed by atoms with Crippen molar-refractivity contribution in [2.24, 2.45) is 11.8 Å². The molecule has 3 rings (SSSR count). The van der Waals surface area contributed by atoms with Crippen LogP contribution >= 0.6 is 0 Å². The average molecular weight is 224 g/mol. The Hall–Kier alpha value is -0.120. The Labute approximate surface area is 98.5 Å². The van der Waals surface area contributed by atoms with Crippen molar-refractivity contribution in [2.45, 2.75) is 37.8 Å². The fraction of sp³-hybridized carbons (Fsp3) is 1.00. The molecule has 1 aliphatic carbocycles. The quantitative estimate of drug-likeness (QED) is 0.729. The van der Waals surface area contributed by atoms with Crippen molar-refractivity contribution in [3.63, 3.8) is 0 Å². The van der Waals surface area contributed by atoms with Crippen molar-refractivity contribution < 1.29 is 4.74 Å². The summed E-state index contributed by atoms with van der Waals surface area (Å²) in [5, 5.41) is 3.72. The molecule has 0 aromatic carbocycles. The molecule has 16 heavy (non-hydrogen) atoms. The maximum absolute atomic E-state index is 6.21. The predicted octanol–water partition coefficient (Wildman–Crippen LogP) is 1.44. The number of hydrogen-bond donors (Lipinski definition) is 1. The van der Waals surface area contributed by atoms with Crippen molar-refractivity contribution in [2.75, 3.05) is 33.3 Å². The van der Waals surface area contributed by atoms with Crippen molar-refractivity contribution >= 4 is 0 Å². The van der Waals surface area contributed by atoms with Crippen LogP contribution < -0.4 is 5.32 Å². The number of likely N-dealkylation sites (tertiary alicyclic amines) is 1. The maximum Gasteiger partial charge on any atom is 0.120 e. The minimum Gasteiger partial charge on any atom is -0.360 e. The molecule has 2 saturated heterocycles. The molecule has 1 spiro atoms. The van der Waals surface area contributed by atoms with Crippen molar-refractivity contribution in [1.29, 1.82) is 0 Å². The van der Waals surface area contributed by atoms with E-state index in [9.17, 15) is 0 Å². The van der Waals surface area contributed by atoms with Gasteiger partial charge in [0.15, 0.2) is 0 Å². The topological polar surface area (TPSA) is 24.5 Å². The second-order valence-corrected chi connectivity index (χ2v) is 5.94. The van der Waals surface area contributed by atoms with Crippen LogP contribution in [-0.2, 0) is 4.74 Å². The molecule has 1 saturated carbocycles. The largest absolute Gasteiger partial charge is 0.360 e. The SMILES string of the molecule is CN1CCCC2(CC1)NCC(C1CC1)CO2. The third-order valence-electron chi connectivity index (χ3n) is 4.57. The lowest BCUT2D eigenvalue weighted by Crippen LogP contribution is -2.55. The third-order valence-corrected chi connectivity index (χ3v) is 4.57. The normalized spacial score (nSPS) is 42.2. The van der Waals surface area contributed by atoms with Crippen molar-refractivity contribution in [3.05, 3.63) is 0 Å². The van der Waals surface area contributed by atoms with E-state index in [1.165, 1.54) is 45.3 Å². The third kappa shape index (κ3) is 2.27. The Morgan fingerprint density at radius 1 is 1.19 bits per heavy atom. The molecule has 92 valence electrons. The highest BCUT2D eigenvalue weighted by atomic mass is 16.5. The summed E-state index contributed by atoms with van der Waals surface area (Å²) in [6.45, 7) is 4.58. The molecule has 2 heterocycles.